The summed E-state index contributed by atoms with van der Waals surface area (Å²) in [6, 6.07) is 5.24. The number of Topliss-reactive ketones (excluding diaryl/α,β-unsaturated/α-hetero) is 1. The molecule has 1 aliphatic carbocycles. The first-order chi connectivity index (χ1) is 10.2. The monoisotopic (exact) mass is 288 g/mol. The van der Waals surface area contributed by atoms with E-state index in [-0.39, 0.29) is 5.78 Å². The maximum atomic E-state index is 11.9. The van der Waals surface area contributed by atoms with Crippen LogP contribution in [0, 0.1) is 0 Å². The van der Waals surface area contributed by atoms with Gasteiger partial charge in [0.1, 0.15) is 5.69 Å². The minimum absolute atomic E-state index is 0.0224. The third-order valence-electron chi connectivity index (χ3n) is 3.67. The van der Waals surface area contributed by atoms with Crippen molar-refractivity contribution in [2.75, 3.05) is 14.2 Å². The molecule has 0 amide bonds. The summed E-state index contributed by atoms with van der Waals surface area (Å²) in [5.41, 5.74) is 1.61. The summed E-state index contributed by atoms with van der Waals surface area (Å²) in [6.07, 6.45) is 1.87. The van der Waals surface area contributed by atoms with Crippen molar-refractivity contribution in [2.45, 2.75) is 19.3 Å². The number of hydrogen-bond donors (Lipinski definition) is 1. The van der Waals surface area contributed by atoms with Crippen LogP contribution in [0.3, 0.4) is 0 Å². The molecule has 1 aromatic heterocycles. The lowest BCUT2D eigenvalue weighted by molar-refractivity contribution is 0.0960. The number of hydrogen-bond acceptors (Lipinski definition) is 5. The highest BCUT2D eigenvalue weighted by Crippen LogP contribution is 2.33. The van der Waals surface area contributed by atoms with Gasteiger partial charge in [-0.2, -0.15) is 4.73 Å². The van der Waals surface area contributed by atoms with Gasteiger partial charge in [-0.25, -0.2) is 4.98 Å². The van der Waals surface area contributed by atoms with E-state index in [9.17, 15) is 10.0 Å². The number of nitrogens with zero attached hydrogens (tertiary/aromatic N) is 2. The summed E-state index contributed by atoms with van der Waals surface area (Å²) in [6.45, 7) is 0. The van der Waals surface area contributed by atoms with E-state index >= 15 is 0 Å². The number of carbonyl (C=O) groups excluding carboxylic acids is 1. The number of methoxy groups -OCH3 is 2. The van der Waals surface area contributed by atoms with E-state index in [1.165, 1.54) is 0 Å². The Morgan fingerprint density at radius 3 is 2.62 bits per heavy atom. The van der Waals surface area contributed by atoms with Crippen LogP contribution in [0.4, 0.5) is 0 Å². The van der Waals surface area contributed by atoms with Gasteiger partial charge in [0.05, 0.1) is 19.9 Å². The van der Waals surface area contributed by atoms with Gasteiger partial charge >= 0.3 is 0 Å². The van der Waals surface area contributed by atoms with E-state index in [2.05, 4.69) is 4.98 Å². The number of benzene rings is 1. The third kappa shape index (κ3) is 2.12. The number of fused-ring (bicyclic) bond motifs is 1. The van der Waals surface area contributed by atoms with Crippen LogP contribution in [-0.2, 0) is 6.42 Å². The van der Waals surface area contributed by atoms with Crippen LogP contribution in [0.15, 0.2) is 18.2 Å². The quantitative estimate of drug-likeness (QED) is 0.877. The van der Waals surface area contributed by atoms with Gasteiger partial charge in [-0.05, 0) is 31.0 Å². The second kappa shape index (κ2) is 5.12. The fourth-order valence-corrected chi connectivity index (χ4v) is 2.59. The molecule has 0 fully saturated rings. The fourth-order valence-electron chi connectivity index (χ4n) is 2.59. The molecule has 0 bridgehead atoms. The standard InChI is InChI=1S/C15H16N2O4/c1-20-12-7-6-9(8-13(12)21-2)15-16-14-10(17(15)19)4-3-5-11(14)18/h6-8,19H,3-5H2,1-2H3. The predicted octanol–water partition coefficient (Wildman–Crippen LogP) is 2.32. The normalized spacial score (nSPS) is 13.9. The Morgan fingerprint density at radius 1 is 1.19 bits per heavy atom. The van der Waals surface area contributed by atoms with Gasteiger partial charge in [0.2, 0.25) is 0 Å². The molecule has 0 radical (unpaired) electrons. The molecule has 0 atom stereocenters. The number of ether oxygens (including phenoxy) is 2. The van der Waals surface area contributed by atoms with Gasteiger partial charge in [0.15, 0.2) is 23.1 Å². The highest BCUT2D eigenvalue weighted by atomic mass is 16.5. The summed E-state index contributed by atoms with van der Waals surface area (Å²) < 4.78 is 11.4. The Morgan fingerprint density at radius 2 is 1.95 bits per heavy atom. The molecule has 0 aliphatic heterocycles. The highest BCUT2D eigenvalue weighted by Gasteiger charge is 2.26. The molecule has 6 heteroatoms. The van der Waals surface area contributed by atoms with Gasteiger partial charge in [-0.15, -0.1) is 0 Å². The van der Waals surface area contributed by atoms with Crippen LogP contribution < -0.4 is 9.47 Å². The zero-order valence-corrected chi connectivity index (χ0v) is 11.9. The van der Waals surface area contributed by atoms with Crippen molar-refractivity contribution in [1.82, 2.24) is 9.71 Å². The second-order valence-electron chi connectivity index (χ2n) is 4.89. The Bertz CT molecular complexity index is 706. The number of ketones is 1. The molecule has 1 N–H and O–H groups in total. The minimum Gasteiger partial charge on any atom is -0.493 e. The van der Waals surface area contributed by atoms with Gasteiger partial charge in [-0.1, -0.05) is 0 Å². The van der Waals surface area contributed by atoms with Crippen molar-refractivity contribution in [2.24, 2.45) is 0 Å². The minimum atomic E-state index is -0.0224. The lowest BCUT2D eigenvalue weighted by Crippen LogP contribution is -2.12. The Balaban J connectivity index is 2.11. The van der Waals surface area contributed by atoms with E-state index in [0.717, 1.165) is 11.2 Å². The Labute approximate surface area is 121 Å². The number of rotatable bonds is 3. The molecule has 0 saturated heterocycles. The zero-order valence-electron chi connectivity index (χ0n) is 11.9. The van der Waals surface area contributed by atoms with Crippen molar-refractivity contribution in [3.05, 3.63) is 29.6 Å². The topological polar surface area (TPSA) is 73.6 Å². The van der Waals surface area contributed by atoms with E-state index in [0.29, 0.717) is 47.1 Å². The van der Waals surface area contributed by atoms with Crippen LogP contribution in [0.1, 0.15) is 29.0 Å². The largest absolute Gasteiger partial charge is 0.493 e. The van der Waals surface area contributed by atoms with Crippen molar-refractivity contribution in [3.63, 3.8) is 0 Å². The smallest absolute Gasteiger partial charge is 0.183 e. The molecule has 6 nitrogen and oxygen atoms in total. The van der Waals surface area contributed by atoms with E-state index < -0.39 is 0 Å². The molecule has 1 heterocycles. The van der Waals surface area contributed by atoms with Gasteiger partial charge < -0.3 is 14.7 Å². The van der Waals surface area contributed by atoms with E-state index in [1.807, 2.05) is 0 Å². The van der Waals surface area contributed by atoms with Crippen LogP contribution in [0.25, 0.3) is 11.4 Å². The molecule has 1 aromatic carbocycles. The molecule has 3 rings (SSSR count). The van der Waals surface area contributed by atoms with Gasteiger partial charge in [0.25, 0.3) is 0 Å². The molecule has 0 saturated carbocycles. The number of aromatic nitrogens is 2. The molecule has 110 valence electrons. The average molecular weight is 288 g/mol. The zero-order chi connectivity index (χ0) is 15.0. The summed E-state index contributed by atoms with van der Waals surface area (Å²) in [7, 11) is 3.10. The SMILES string of the molecule is COc1ccc(-c2nc3c(n2O)CCCC3=O)cc1OC. The Hall–Kier alpha value is -2.50. The molecule has 1 aliphatic rings. The van der Waals surface area contributed by atoms with Crippen LogP contribution >= 0.6 is 0 Å². The van der Waals surface area contributed by atoms with Crippen molar-refractivity contribution in [1.29, 1.82) is 0 Å². The second-order valence-corrected chi connectivity index (χ2v) is 4.89. The summed E-state index contributed by atoms with van der Waals surface area (Å²) in [5.74, 6) is 1.46. The lowest BCUT2D eigenvalue weighted by Gasteiger charge is -2.10. The fraction of sp³-hybridized carbons (Fsp3) is 0.333. The lowest BCUT2D eigenvalue weighted by atomic mass is 10.0. The molecule has 0 spiro atoms. The van der Waals surface area contributed by atoms with Gasteiger partial charge in [-0.3, -0.25) is 4.79 Å². The van der Waals surface area contributed by atoms with Crippen LogP contribution in [-0.4, -0.2) is 34.9 Å². The average Bonchev–Trinajstić information content (AvgIpc) is 2.85. The van der Waals surface area contributed by atoms with E-state index in [1.54, 1.807) is 32.4 Å². The first kappa shape index (κ1) is 13.5. The summed E-state index contributed by atoms with van der Waals surface area (Å²) >= 11 is 0. The van der Waals surface area contributed by atoms with Gasteiger partial charge in [0, 0.05) is 12.0 Å². The maximum absolute atomic E-state index is 11.9. The summed E-state index contributed by atoms with van der Waals surface area (Å²) in [4.78, 5) is 16.2. The van der Waals surface area contributed by atoms with Crippen molar-refractivity contribution < 1.29 is 19.5 Å². The van der Waals surface area contributed by atoms with Crippen molar-refractivity contribution in [3.8, 4) is 22.9 Å². The predicted molar refractivity (Wildman–Crippen MR) is 75.2 cm³/mol. The molecule has 0 unspecified atom stereocenters. The Kier molecular flexibility index (Phi) is 3.29. The number of imidazole rings is 1. The number of carbonyl (C=O) groups is 1. The first-order valence-electron chi connectivity index (χ1n) is 6.72. The molecular weight excluding hydrogens is 272 g/mol. The van der Waals surface area contributed by atoms with Crippen LogP contribution in [0.2, 0.25) is 0 Å². The third-order valence-corrected chi connectivity index (χ3v) is 3.67. The molecular formula is C15H16N2O4. The first-order valence-corrected chi connectivity index (χ1v) is 6.72. The highest BCUT2D eigenvalue weighted by molar-refractivity contribution is 5.97. The molecule has 2 aromatic rings. The summed E-state index contributed by atoms with van der Waals surface area (Å²) in [5, 5.41) is 10.3. The van der Waals surface area contributed by atoms with Crippen molar-refractivity contribution >= 4 is 5.78 Å². The van der Waals surface area contributed by atoms with Crippen LogP contribution in [0.5, 0.6) is 11.5 Å². The molecule has 21 heavy (non-hydrogen) atoms. The maximum Gasteiger partial charge on any atom is 0.183 e. The van der Waals surface area contributed by atoms with E-state index in [4.69, 9.17) is 9.47 Å².